The fourth-order valence-electron chi connectivity index (χ4n) is 0.989. The normalized spacial score (nSPS) is 11.3. The molecule has 3 nitrogen and oxygen atoms in total. The Kier molecular flexibility index (Phi) is 2.71. The summed E-state index contributed by atoms with van der Waals surface area (Å²) in [6.07, 6.45) is 0. The molecule has 0 heterocycles. The molecular weight excluding hydrogens is 234 g/mol. The Bertz CT molecular complexity index is 331. The Hall–Kier alpha value is -0.900. The molecule has 0 radical (unpaired) electrons. The molecule has 13 heavy (non-hydrogen) atoms. The minimum absolute atomic E-state index is 0.130. The Morgan fingerprint density at radius 1 is 1.46 bits per heavy atom. The molecule has 1 aromatic rings. The van der Waals surface area contributed by atoms with E-state index in [-0.39, 0.29) is 14.9 Å². The number of nitro benzene ring substituents is 1. The number of benzene rings is 1. The number of halogens is 1. The maximum absolute atomic E-state index is 10.5. The lowest BCUT2D eigenvalue weighted by atomic mass is 10.0. The highest BCUT2D eigenvalue weighted by Crippen LogP contribution is 2.31. The standard InChI is InChI=1S/C9H10BrNO2/c1-9(2,10)7-4-3-5-8(6-7)11(12)13/h3-6H,1-2H3. The topological polar surface area (TPSA) is 43.1 Å². The maximum Gasteiger partial charge on any atom is 0.269 e. The van der Waals surface area contributed by atoms with E-state index in [1.54, 1.807) is 12.1 Å². The molecule has 0 saturated heterocycles. The van der Waals surface area contributed by atoms with E-state index in [2.05, 4.69) is 15.9 Å². The quantitative estimate of drug-likeness (QED) is 0.455. The number of hydrogen-bond donors (Lipinski definition) is 0. The lowest BCUT2D eigenvalue weighted by Crippen LogP contribution is -2.06. The van der Waals surface area contributed by atoms with Crippen molar-refractivity contribution in [2.45, 2.75) is 18.2 Å². The molecule has 0 amide bonds. The number of rotatable bonds is 2. The van der Waals surface area contributed by atoms with Crippen LogP contribution in [0.4, 0.5) is 5.69 Å². The van der Waals surface area contributed by atoms with Crippen LogP contribution >= 0.6 is 15.9 Å². The first-order valence-electron chi connectivity index (χ1n) is 3.85. The summed E-state index contributed by atoms with van der Waals surface area (Å²) in [5, 5.41) is 10.5. The molecule has 0 aliphatic heterocycles. The van der Waals surface area contributed by atoms with Gasteiger partial charge in [0.25, 0.3) is 5.69 Å². The van der Waals surface area contributed by atoms with Gasteiger partial charge in [-0.25, -0.2) is 0 Å². The van der Waals surface area contributed by atoms with E-state index in [0.717, 1.165) is 5.56 Å². The van der Waals surface area contributed by atoms with Crippen LogP contribution < -0.4 is 0 Å². The predicted molar refractivity (Wildman–Crippen MR) is 55.0 cm³/mol. The summed E-state index contributed by atoms with van der Waals surface area (Å²) >= 11 is 3.45. The van der Waals surface area contributed by atoms with Crippen LogP contribution in [-0.2, 0) is 4.32 Å². The van der Waals surface area contributed by atoms with Gasteiger partial charge in [-0.15, -0.1) is 0 Å². The van der Waals surface area contributed by atoms with E-state index in [9.17, 15) is 10.1 Å². The minimum atomic E-state index is -0.387. The molecule has 0 fully saturated rings. The van der Waals surface area contributed by atoms with Crippen LogP contribution in [0.2, 0.25) is 0 Å². The van der Waals surface area contributed by atoms with Gasteiger partial charge in [0.2, 0.25) is 0 Å². The molecule has 1 rings (SSSR count). The van der Waals surface area contributed by atoms with Crippen molar-refractivity contribution in [1.29, 1.82) is 0 Å². The van der Waals surface area contributed by atoms with E-state index in [1.165, 1.54) is 6.07 Å². The first kappa shape index (κ1) is 10.2. The van der Waals surface area contributed by atoms with Crippen LogP contribution in [0.3, 0.4) is 0 Å². The lowest BCUT2D eigenvalue weighted by Gasteiger charge is -2.15. The number of nitro groups is 1. The van der Waals surface area contributed by atoms with Gasteiger partial charge < -0.3 is 0 Å². The fraction of sp³-hybridized carbons (Fsp3) is 0.333. The fourth-order valence-corrected chi connectivity index (χ4v) is 1.24. The molecule has 0 bridgehead atoms. The Labute approximate surface area is 85.0 Å². The third-order valence-corrected chi connectivity index (χ3v) is 2.20. The van der Waals surface area contributed by atoms with Crippen molar-refractivity contribution in [2.75, 3.05) is 0 Å². The van der Waals surface area contributed by atoms with E-state index in [0.29, 0.717) is 0 Å². The smallest absolute Gasteiger partial charge is 0.258 e. The number of nitrogens with zero attached hydrogens (tertiary/aromatic N) is 1. The third-order valence-electron chi connectivity index (χ3n) is 1.74. The highest BCUT2D eigenvalue weighted by atomic mass is 79.9. The molecule has 0 N–H and O–H groups in total. The van der Waals surface area contributed by atoms with Crippen LogP contribution in [-0.4, -0.2) is 4.92 Å². The van der Waals surface area contributed by atoms with E-state index in [1.807, 2.05) is 19.9 Å². The Balaban J connectivity index is 3.13. The second kappa shape index (κ2) is 3.46. The van der Waals surface area contributed by atoms with Gasteiger partial charge in [-0.3, -0.25) is 10.1 Å². The van der Waals surface area contributed by atoms with Crippen molar-refractivity contribution in [1.82, 2.24) is 0 Å². The minimum Gasteiger partial charge on any atom is -0.258 e. The highest BCUT2D eigenvalue weighted by molar-refractivity contribution is 9.09. The van der Waals surface area contributed by atoms with Crippen LogP contribution in [0.1, 0.15) is 19.4 Å². The molecule has 0 aliphatic rings. The lowest BCUT2D eigenvalue weighted by molar-refractivity contribution is -0.384. The average Bonchev–Trinajstić information content (AvgIpc) is 2.03. The van der Waals surface area contributed by atoms with Gasteiger partial charge >= 0.3 is 0 Å². The molecule has 0 saturated carbocycles. The van der Waals surface area contributed by atoms with Crippen molar-refractivity contribution in [3.8, 4) is 0 Å². The molecule has 4 heteroatoms. The zero-order valence-corrected chi connectivity index (χ0v) is 9.04. The van der Waals surface area contributed by atoms with Gasteiger partial charge in [-0.2, -0.15) is 0 Å². The van der Waals surface area contributed by atoms with Crippen molar-refractivity contribution in [2.24, 2.45) is 0 Å². The summed E-state index contributed by atoms with van der Waals surface area (Å²) in [7, 11) is 0. The SMILES string of the molecule is CC(C)(Br)c1cccc([N+](=O)[O-])c1. The molecule has 0 atom stereocenters. The summed E-state index contributed by atoms with van der Waals surface area (Å²) in [6.45, 7) is 3.90. The second-order valence-corrected chi connectivity index (χ2v) is 5.26. The van der Waals surface area contributed by atoms with Gasteiger partial charge in [0.15, 0.2) is 0 Å². The molecule has 0 unspecified atom stereocenters. The van der Waals surface area contributed by atoms with Crippen molar-refractivity contribution < 1.29 is 4.92 Å². The number of alkyl halides is 1. The summed E-state index contributed by atoms with van der Waals surface area (Å²) < 4.78 is -0.223. The zero-order chi connectivity index (χ0) is 10.1. The van der Waals surface area contributed by atoms with Crippen LogP contribution in [0, 0.1) is 10.1 Å². The largest absolute Gasteiger partial charge is 0.269 e. The van der Waals surface area contributed by atoms with Crippen LogP contribution in [0.5, 0.6) is 0 Å². The second-order valence-electron chi connectivity index (χ2n) is 3.28. The van der Waals surface area contributed by atoms with Crippen molar-refractivity contribution in [3.63, 3.8) is 0 Å². The van der Waals surface area contributed by atoms with Crippen LogP contribution in [0.15, 0.2) is 24.3 Å². The Morgan fingerprint density at radius 2 is 2.08 bits per heavy atom. The summed E-state index contributed by atoms with van der Waals surface area (Å²) in [5.41, 5.74) is 1.03. The third kappa shape index (κ3) is 2.52. The molecule has 0 aromatic heterocycles. The molecule has 0 aliphatic carbocycles. The summed E-state index contributed by atoms with van der Waals surface area (Å²) in [4.78, 5) is 10.1. The highest BCUT2D eigenvalue weighted by Gasteiger charge is 2.18. The van der Waals surface area contributed by atoms with Gasteiger partial charge in [-0.05, 0) is 19.4 Å². The van der Waals surface area contributed by atoms with Gasteiger partial charge in [0.05, 0.1) is 4.92 Å². The zero-order valence-electron chi connectivity index (χ0n) is 7.45. The average molecular weight is 244 g/mol. The van der Waals surface area contributed by atoms with Crippen molar-refractivity contribution in [3.05, 3.63) is 39.9 Å². The monoisotopic (exact) mass is 243 g/mol. The first-order valence-corrected chi connectivity index (χ1v) is 4.64. The summed E-state index contributed by atoms with van der Waals surface area (Å²) in [5.74, 6) is 0. The van der Waals surface area contributed by atoms with E-state index in [4.69, 9.17) is 0 Å². The van der Waals surface area contributed by atoms with E-state index < -0.39 is 0 Å². The van der Waals surface area contributed by atoms with E-state index >= 15 is 0 Å². The maximum atomic E-state index is 10.5. The predicted octanol–water partition coefficient (Wildman–Crippen LogP) is 3.22. The molecule has 1 aromatic carbocycles. The summed E-state index contributed by atoms with van der Waals surface area (Å²) in [6, 6.07) is 6.62. The number of non-ortho nitro benzene ring substituents is 1. The first-order chi connectivity index (χ1) is 5.91. The van der Waals surface area contributed by atoms with Gasteiger partial charge in [0.1, 0.15) is 0 Å². The molecule has 70 valence electrons. The molecule has 0 spiro atoms. The van der Waals surface area contributed by atoms with Crippen molar-refractivity contribution >= 4 is 21.6 Å². The molecular formula is C9H10BrNO2. The number of hydrogen-bond acceptors (Lipinski definition) is 2. The van der Waals surface area contributed by atoms with Crippen LogP contribution in [0.25, 0.3) is 0 Å². The van der Waals surface area contributed by atoms with Gasteiger partial charge in [-0.1, -0.05) is 28.1 Å². The Morgan fingerprint density at radius 3 is 2.54 bits per heavy atom. The van der Waals surface area contributed by atoms with Gasteiger partial charge in [0, 0.05) is 16.5 Å².